The normalized spacial score (nSPS) is 24.2. The van der Waals surface area contributed by atoms with Crippen molar-refractivity contribution in [2.45, 2.75) is 63.7 Å². The number of hydrogen-bond acceptors (Lipinski definition) is 9. The van der Waals surface area contributed by atoms with Crippen LogP contribution in [0.25, 0.3) is 0 Å². The molecule has 3 aromatic carbocycles. The predicted molar refractivity (Wildman–Crippen MR) is 212 cm³/mol. The number of likely N-dealkylation sites (tertiary alicyclic amines) is 1. The van der Waals surface area contributed by atoms with Gasteiger partial charge in [-0.05, 0) is 109 Å². The molecule has 0 aromatic heterocycles. The third-order valence-electron chi connectivity index (χ3n) is 13.0. The molecule has 0 saturated carbocycles. The van der Waals surface area contributed by atoms with Gasteiger partial charge >= 0.3 is 0 Å². The molecule has 3 atom stereocenters. The van der Waals surface area contributed by atoms with Gasteiger partial charge in [0.1, 0.15) is 12.1 Å². The number of carbonyl (C=O) groups excluding carboxylic acids is 5. The molecule has 57 heavy (non-hydrogen) atoms. The SMILES string of the molecule is C#C[C@H]1CC2(CCN(c3ccc(C(=O)N4CC[C@@H](CN5Cc6cc7c(cc6C5)C(=O)N(C5CCC(=O)NC5=O)C7=O)C4)cc3)CC2)CN1c1ccc(C#N)c(Cl)c1. The van der Waals surface area contributed by atoms with Gasteiger partial charge in [-0.15, -0.1) is 6.42 Å². The summed E-state index contributed by atoms with van der Waals surface area (Å²) in [5.41, 5.74) is 5.90. The molecule has 6 aliphatic rings. The molecule has 6 heterocycles. The number of imide groups is 2. The molecule has 4 fully saturated rings. The fraction of sp³-hybridized carbons (Fsp3) is 0.409. The first-order valence-corrected chi connectivity index (χ1v) is 20.1. The van der Waals surface area contributed by atoms with Crippen LogP contribution < -0.4 is 15.1 Å². The number of rotatable bonds is 6. The summed E-state index contributed by atoms with van der Waals surface area (Å²) >= 11 is 6.36. The van der Waals surface area contributed by atoms with Gasteiger partial charge in [-0.3, -0.25) is 39.1 Å². The van der Waals surface area contributed by atoms with Gasteiger partial charge in [0.25, 0.3) is 17.7 Å². The molecule has 0 bridgehead atoms. The van der Waals surface area contributed by atoms with Crippen molar-refractivity contribution in [2.75, 3.05) is 49.1 Å². The van der Waals surface area contributed by atoms with Gasteiger partial charge in [-0.1, -0.05) is 17.5 Å². The van der Waals surface area contributed by atoms with Gasteiger partial charge in [0.2, 0.25) is 11.8 Å². The molecule has 4 saturated heterocycles. The van der Waals surface area contributed by atoms with Crippen LogP contribution in [-0.4, -0.2) is 95.6 Å². The van der Waals surface area contributed by atoms with E-state index in [-0.39, 0.29) is 30.2 Å². The van der Waals surface area contributed by atoms with Crippen LogP contribution in [-0.2, 0) is 22.7 Å². The van der Waals surface area contributed by atoms with Crippen molar-refractivity contribution in [3.8, 4) is 18.4 Å². The van der Waals surface area contributed by atoms with Crippen LogP contribution in [0.2, 0.25) is 5.02 Å². The van der Waals surface area contributed by atoms with E-state index in [0.717, 1.165) is 79.3 Å². The van der Waals surface area contributed by atoms with Gasteiger partial charge in [-0.25, -0.2) is 0 Å². The van der Waals surface area contributed by atoms with Crippen LogP contribution in [0.3, 0.4) is 0 Å². The highest BCUT2D eigenvalue weighted by atomic mass is 35.5. The van der Waals surface area contributed by atoms with Crippen molar-refractivity contribution in [3.05, 3.63) is 93.0 Å². The molecule has 0 aliphatic carbocycles. The van der Waals surface area contributed by atoms with Crippen LogP contribution in [0, 0.1) is 35.0 Å². The Morgan fingerprint density at radius 2 is 1.60 bits per heavy atom. The van der Waals surface area contributed by atoms with E-state index in [1.165, 1.54) is 0 Å². The number of halogens is 1. The molecule has 0 radical (unpaired) electrons. The second-order valence-corrected chi connectivity index (χ2v) is 16.9. The highest BCUT2D eigenvalue weighted by molar-refractivity contribution is 6.32. The average molecular weight is 784 g/mol. The van der Waals surface area contributed by atoms with Crippen LogP contribution in [0.15, 0.2) is 54.6 Å². The van der Waals surface area contributed by atoms with Crippen molar-refractivity contribution in [3.63, 3.8) is 0 Å². The molecular formula is C44H42ClN7O5. The lowest BCUT2D eigenvalue weighted by molar-refractivity contribution is -0.136. The third kappa shape index (κ3) is 6.61. The number of terminal acetylenes is 1. The zero-order valence-electron chi connectivity index (χ0n) is 31.5. The van der Waals surface area contributed by atoms with E-state index in [9.17, 15) is 29.2 Å². The van der Waals surface area contributed by atoms with Crippen molar-refractivity contribution < 1.29 is 24.0 Å². The first kappa shape index (κ1) is 36.9. The molecule has 5 amide bonds. The molecule has 6 aliphatic heterocycles. The minimum absolute atomic E-state index is 0.0240. The number of hydrogen-bond donors (Lipinski definition) is 1. The van der Waals surface area contributed by atoms with Crippen LogP contribution in [0.4, 0.5) is 11.4 Å². The molecule has 1 N–H and O–H groups in total. The van der Waals surface area contributed by atoms with Crippen LogP contribution >= 0.6 is 11.6 Å². The summed E-state index contributed by atoms with van der Waals surface area (Å²) in [4.78, 5) is 74.2. The Morgan fingerprint density at radius 3 is 2.23 bits per heavy atom. The number of fused-ring (bicyclic) bond motifs is 2. The molecule has 290 valence electrons. The second kappa shape index (κ2) is 14.4. The molecule has 3 aromatic rings. The maximum absolute atomic E-state index is 13.6. The average Bonchev–Trinajstić information content (AvgIpc) is 3.99. The summed E-state index contributed by atoms with van der Waals surface area (Å²) in [6.07, 6.45) is 10.0. The summed E-state index contributed by atoms with van der Waals surface area (Å²) < 4.78 is 0. The number of benzene rings is 3. The van der Waals surface area contributed by atoms with E-state index < -0.39 is 29.7 Å². The maximum Gasteiger partial charge on any atom is 0.262 e. The molecule has 9 rings (SSSR count). The first-order valence-electron chi connectivity index (χ1n) is 19.7. The lowest BCUT2D eigenvalue weighted by Gasteiger charge is -2.40. The molecule has 12 nitrogen and oxygen atoms in total. The summed E-state index contributed by atoms with van der Waals surface area (Å²) in [6.45, 7) is 6.08. The minimum Gasteiger partial charge on any atom is -0.371 e. The predicted octanol–water partition coefficient (Wildman–Crippen LogP) is 4.59. The van der Waals surface area contributed by atoms with E-state index in [4.69, 9.17) is 18.0 Å². The Morgan fingerprint density at radius 1 is 0.912 bits per heavy atom. The monoisotopic (exact) mass is 783 g/mol. The third-order valence-corrected chi connectivity index (χ3v) is 13.4. The number of anilines is 2. The van der Waals surface area contributed by atoms with E-state index in [0.29, 0.717) is 59.4 Å². The summed E-state index contributed by atoms with van der Waals surface area (Å²) in [5, 5.41) is 12.0. The minimum atomic E-state index is -0.980. The topological polar surface area (TPSA) is 137 Å². The van der Waals surface area contributed by atoms with Crippen molar-refractivity contribution in [1.29, 1.82) is 5.26 Å². The number of nitrogens with zero attached hydrogens (tertiary/aromatic N) is 6. The lowest BCUT2D eigenvalue weighted by atomic mass is 9.76. The smallest absolute Gasteiger partial charge is 0.262 e. The van der Waals surface area contributed by atoms with Crippen molar-refractivity contribution >= 4 is 52.5 Å². The maximum atomic E-state index is 13.6. The van der Waals surface area contributed by atoms with Gasteiger partial charge in [0.15, 0.2) is 0 Å². The first-order chi connectivity index (χ1) is 27.5. The van der Waals surface area contributed by atoms with Gasteiger partial charge in [-0.2, -0.15) is 5.26 Å². The Kier molecular flexibility index (Phi) is 9.30. The van der Waals surface area contributed by atoms with Crippen molar-refractivity contribution in [2.24, 2.45) is 11.3 Å². The van der Waals surface area contributed by atoms with E-state index in [1.807, 2.05) is 29.2 Å². The summed E-state index contributed by atoms with van der Waals surface area (Å²) in [5.74, 6) is 1.34. The van der Waals surface area contributed by atoms with E-state index in [1.54, 1.807) is 18.2 Å². The Bertz CT molecular complexity index is 2260. The van der Waals surface area contributed by atoms with Crippen LogP contribution in [0.5, 0.6) is 0 Å². The Hall–Kier alpha value is -5.69. The van der Waals surface area contributed by atoms with Gasteiger partial charge in [0.05, 0.1) is 27.8 Å². The quantitative estimate of drug-likeness (QED) is 0.281. The van der Waals surface area contributed by atoms with Gasteiger partial charge < -0.3 is 14.7 Å². The van der Waals surface area contributed by atoms with Gasteiger partial charge in [0, 0.05) is 75.7 Å². The van der Waals surface area contributed by atoms with Crippen molar-refractivity contribution in [1.82, 2.24) is 20.0 Å². The zero-order chi connectivity index (χ0) is 39.6. The van der Waals surface area contributed by atoms with Crippen LogP contribution in [0.1, 0.15) is 86.3 Å². The number of piperidine rings is 2. The Balaban J connectivity index is 0.769. The van der Waals surface area contributed by atoms with E-state index >= 15 is 0 Å². The van der Waals surface area contributed by atoms with E-state index in [2.05, 4.69) is 44.1 Å². The number of amides is 5. The number of carbonyl (C=O) groups is 5. The lowest BCUT2D eigenvalue weighted by Crippen LogP contribution is -2.54. The molecule has 13 heteroatoms. The summed E-state index contributed by atoms with van der Waals surface area (Å²) in [7, 11) is 0. The molecule has 1 unspecified atom stereocenters. The number of nitrogens with one attached hydrogen (secondary N) is 1. The fourth-order valence-corrected chi connectivity index (χ4v) is 10.2. The highest BCUT2D eigenvalue weighted by Gasteiger charge is 2.47. The fourth-order valence-electron chi connectivity index (χ4n) is 9.95. The number of nitriles is 1. The molecular weight excluding hydrogens is 742 g/mol. The molecule has 1 spiro atoms. The zero-order valence-corrected chi connectivity index (χ0v) is 32.3. The second-order valence-electron chi connectivity index (χ2n) is 16.5. The standard InChI is InChI=1S/C44H42ClN7O5/c1-2-32-20-44(26-51(32)34-8-5-29(21-46)37(45)19-34)12-15-49(16-13-44)33-6-3-28(4-7-33)41(55)50-14-11-27(23-50)22-48-24-30-17-35-36(18-31(30)25-48)43(57)52(42(35)56)38-9-10-39(53)47-40(38)54/h1,3-8,17-19,27,32,38H,9-16,20,22-26H2,(H,47,53,54)/t27-,32-,38?/m0/s1. The highest BCUT2D eigenvalue weighted by Crippen LogP contribution is 2.46. The summed E-state index contributed by atoms with van der Waals surface area (Å²) in [6, 6.07) is 18.2. The largest absolute Gasteiger partial charge is 0.371 e. The Labute approximate surface area is 336 Å².